The molecule has 3 heteroatoms. The van der Waals surface area contributed by atoms with Crippen LogP contribution in [0.4, 0.5) is 0 Å². The minimum Gasteiger partial charge on any atom is -0.392 e. The topological polar surface area (TPSA) is 49.3 Å². The number of nitrogens with one attached hydrogen (secondary N) is 1. The van der Waals surface area contributed by atoms with E-state index in [2.05, 4.69) is 5.32 Å². The van der Waals surface area contributed by atoms with Gasteiger partial charge in [-0.25, -0.2) is 0 Å². The normalized spacial score (nSPS) is 31.8. The lowest BCUT2D eigenvalue weighted by molar-refractivity contribution is -0.123. The monoisotopic (exact) mass is 267 g/mol. The maximum atomic E-state index is 12.2. The van der Waals surface area contributed by atoms with Crippen molar-refractivity contribution in [3.63, 3.8) is 0 Å². The average molecular weight is 267 g/mol. The second-order valence-corrected chi connectivity index (χ2v) is 7.53. The van der Waals surface area contributed by atoms with Crippen LogP contribution in [0.15, 0.2) is 0 Å². The fraction of sp³-hybridized carbons (Fsp3) is 0.938. The zero-order valence-corrected chi connectivity index (χ0v) is 12.8. The first-order chi connectivity index (χ1) is 8.84. The lowest BCUT2D eigenvalue weighted by Crippen LogP contribution is -2.44. The molecule has 0 bridgehead atoms. The Morgan fingerprint density at radius 2 is 1.79 bits per heavy atom. The van der Waals surface area contributed by atoms with E-state index in [-0.39, 0.29) is 29.3 Å². The molecule has 0 spiro atoms. The van der Waals surface area contributed by atoms with Gasteiger partial charge < -0.3 is 10.4 Å². The summed E-state index contributed by atoms with van der Waals surface area (Å²) < 4.78 is 0. The highest BCUT2D eigenvalue weighted by Gasteiger charge is 2.54. The molecule has 0 radical (unpaired) electrons. The highest BCUT2D eigenvalue weighted by Crippen LogP contribution is 2.55. The van der Waals surface area contributed by atoms with Crippen LogP contribution in [0.2, 0.25) is 0 Å². The lowest BCUT2D eigenvalue weighted by Gasteiger charge is -2.33. The largest absolute Gasteiger partial charge is 0.392 e. The smallest absolute Gasteiger partial charge is 0.223 e. The van der Waals surface area contributed by atoms with Crippen molar-refractivity contribution >= 4 is 5.91 Å². The molecule has 3 nitrogen and oxygen atoms in total. The molecule has 2 rings (SSSR count). The summed E-state index contributed by atoms with van der Waals surface area (Å²) in [6, 6.07) is 0. The van der Waals surface area contributed by atoms with Gasteiger partial charge in [0, 0.05) is 17.9 Å². The van der Waals surface area contributed by atoms with Crippen LogP contribution in [0.3, 0.4) is 0 Å². The van der Waals surface area contributed by atoms with Gasteiger partial charge in [-0.1, -0.05) is 40.5 Å². The molecule has 0 aromatic carbocycles. The van der Waals surface area contributed by atoms with Crippen LogP contribution in [0.1, 0.15) is 53.4 Å². The number of fused-ring (bicyclic) bond motifs is 1. The van der Waals surface area contributed by atoms with Crippen molar-refractivity contribution < 1.29 is 9.90 Å². The number of aliphatic hydroxyl groups excluding tert-OH is 1. The molecule has 19 heavy (non-hydrogen) atoms. The van der Waals surface area contributed by atoms with E-state index in [1.54, 1.807) is 0 Å². The van der Waals surface area contributed by atoms with Gasteiger partial charge in [-0.15, -0.1) is 0 Å². The van der Waals surface area contributed by atoms with E-state index in [4.69, 9.17) is 0 Å². The molecule has 2 aliphatic rings. The van der Waals surface area contributed by atoms with E-state index in [1.807, 2.05) is 27.7 Å². The van der Waals surface area contributed by atoms with Crippen molar-refractivity contribution in [2.75, 3.05) is 6.54 Å². The summed E-state index contributed by atoms with van der Waals surface area (Å²) in [4.78, 5) is 12.2. The molecule has 0 heterocycles. The number of aliphatic hydroxyl groups is 1. The maximum absolute atomic E-state index is 12.2. The fourth-order valence-electron chi connectivity index (χ4n) is 3.82. The number of carbonyl (C=O) groups is 1. The molecular formula is C16H29NO2. The summed E-state index contributed by atoms with van der Waals surface area (Å²) in [5, 5.41) is 13.3. The van der Waals surface area contributed by atoms with Crippen molar-refractivity contribution in [3.8, 4) is 0 Å². The minimum atomic E-state index is -0.380. The summed E-state index contributed by atoms with van der Waals surface area (Å²) in [6.07, 6.45) is 4.68. The van der Waals surface area contributed by atoms with E-state index in [0.29, 0.717) is 18.4 Å². The molecule has 2 aliphatic carbocycles. The summed E-state index contributed by atoms with van der Waals surface area (Å²) in [7, 11) is 0. The zero-order chi connectivity index (χ0) is 14.2. The predicted octanol–water partition coefficient (Wildman–Crippen LogP) is 2.58. The molecule has 110 valence electrons. The van der Waals surface area contributed by atoms with Gasteiger partial charge in [-0.3, -0.25) is 4.79 Å². The SMILES string of the molecule is CC(C)C(O)C(C)(C)CNC(=O)C1C2CCCCC21. The van der Waals surface area contributed by atoms with E-state index < -0.39 is 0 Å². The Balaban J connectivity index is 1.81. The molecule has 0 aromatic heterocycles. The van der Waals surface area contributed by atoms with Crippen molar-refractivity contribution in [2.24, 2.45) is 29.1 Å². The molecule has 2 N–H and O–H groups in total. The Bertz CT molecular complexity index is 326. The van der Waals surface area contributed by atoms with Gasteiger partial charge in [0.25, 0.3) is 0 Å². The third kappa shape index (κ3) is 3.13. The Kier molecular flexibility index (Phi) is 4.24. The van der Waals surface area contributed by atoms with Gasteiger partial charge in [-0.05, 0) is 30.6 Å². The summed E-state index contributed by atoms with van der Waals surface area (Å²) in [5.74, 6) is 2.03. The highest BCUT2D eigenvalue weighted by atomic mass is 16.3. The fourth-order valence-corrected chi connectivity index (χ4v) is 3.82. The quantitative estimate of drug-likeness (QED) is 0.804. The molecule has 2 fully saturated rings. The van der Waals surface area contributed by atoms with Crippen LogP contribution in [-0.4, -0.2) is 23.7 Å². The number of rotatable bonds is 5. The molecule has 0 aromatic rings. The van der Waals surface area contributed by atoms with Crippen LogP contribution < -0.4 is 5.32 Å². The van der Waals surface area contributed by atoms with Crippen molar-refractivity contribution in [2.45, 2.75) is 59.5 Å². The van der Waals surface area contributed by atoms with Gasteiger partial charge >= 0.3 is 0 Å². The predicted molar refractivity (Wildman–Crippen MR) is 76.6 cm³/mol. The van der Waals surface area contributed by atoms with Gasteiger partial charge in [0.2, 0.25) is 5.91 Å². The van der Waals surface area contributed by atoms with Gasteiger partial charge in [0.15, 0.2) is 0 Å². The van der Waals surface area contributed by atoms with E-state index in [1.165, 1.54) is 25.7 Å². The third-order valence-corrected chi connectivity index (χ3v) is 5.11. The van der Waals surface area contributed by atoms with Gasteiger partial charge in [0.1, 0.15) is 0 Å². The van der Waals surface area contributed by atoms with E-state index >= 15 is 0 Å². The molecule has 3 unspecified atom stereocenters. The Hall–Kier alpha value is -0.570. The first-order valence-corrected chi connectivity index (χ1v) is 7.80. The Morgan fingerprint density at radius 3 is 2.26 bits per heavy atom. The molecule has 0 aliphatic heterocycles. The molecular weight excluding hydrogens is 238 g/mol. The second-order valence-electron chi connectivity index (χ2n) is 7.53. The minimum absolute atomic E-state index is 0.218. The van der Waals surface area contributed by atoms with E-state index in [9.17, 15) is 9.90 Å². The molecule has 2 saturated carbocycles. The maximum Gasteiger partial charge on any atom is 0.223 e. The van der Waals surface area contributed by atoms with E-state index in [0.717, 1.165) is 0 Å². The Morgan fingerprint density at radius 1 is 1.26 bits per heavy atom. The summed E-state index contributed by atoms with van der Waals surface area (Å²) in [6.45, 7) is 8.66. The number of hydrogen-bond donors (Lipinski definition) is 2. The summed E-state index contributed by atoms with van der Waals surface area (Å²) in [5.41, 5.74) is -0.260. The standard InChI is InChI=1S/C16H29NO2/c1-10(2)14(18)16(3,4)9-17-15(19)13-11-7-5-6-8-12(11)13/h10-14,18H,5-9H2,1-4H3,(H,17,19). The van der Waals surface area contributed by atoms with Crippen LogP contribution >= 0.6 is 0 Å². The molecule has 1 amide bonds. The first-order valence-electron chi connectivity index (χ1n) is 7.80. The molecule has 0 saturated heterocycles. The van der Waals surface area contributed by atoms with Crippen LogP contribution in [0.25, 0.3) is 0 Å². The first kappa shape index (κ1) is 14.8. The molecule has 3 atom stereocenters. The Labute approximate surface area is 117 Å². The van der Waals surface area contributed by atoms with Crippen LogP contribution in [-0.2, 0) is 4.79 Å². The highest BCUT2D eigenvalue weighted by molar-refractivity contribution is 5.82. The number of carbonyl (C=O) groups excluding carboxylic acids is 1. The third-order valence-electron chi connectivity index (χ3n) is 5.11. The second kappa shape index (κ2) is 5.43. The van der Waals surface area contributed by atoms with Crippen molar-refractivity contribution in [3.05, 3.63) is 0 Å². The lowest BCUT2D eigenvalue weighted by atomic mass is 9.80. The van der Waals surface area contributed by atoms with Crippen LogP contribution in [0, 0.1) is 29.1 Å². The number of amides is 1. The number of hydrogen-bond acceptors (Lipinski definition) is 2. The van der Waals surface area contributed by atoms with Gasteiger partial charge in [-0.2, -0.15) is 0 Å². The summed E-state index contributed by atoms with van der Waals surface area (Å²) >= 11 is 0. The van der Waals surface area contributed by atoms with Crippen molar-refractivity contribution in [1.29, 1.82) is 0 Å². The van der Waals surface area contributed by atoms with Gasteiger partial charge in [0.05, 0.1) is 6.10 Å². The average Bonchev–Trinajstić information content (AvgIpc) is 3.09. The van der Waals surface area contributed by atoms with Crippen LogP contribution in [0.5, 0.6) is 0 Å². The zero-order valence-electron chi connectivity index (χ0n) is 12.8. The van der Waals surface area contributed by atoms with Crippen molar-refractivity contribution in [1.82, 2.24) is 5.32 Å².